The zero-order valence-corrected chi connectivity index (χ0v) is 7.89. The molecular formula is C9H10FNOS. The van der Waals surface area contributed by atoms with Gasteiger partial charge in [0.05, 0.1) is 9.73 Å². The first kappa shape index (κ1) is 8.69. The Kier molecular flexibility index (Phi) is 2.07. The van der Waals surface area contributed by atoms with Crippen LogP contribution in [0.4, 0.5) is 4.39 Å². The molecule has 1 atom stereocenters. The van der Waals surface area contributed by atoms with Gasteiger partial charge in [0.2, 0.25) is 0 Å². The minimum Gasteiger partial charge on any atom is -0.245 e. The third-order valence-corrected chi connectivity index (χ3v) is 4.51. The summed E-state index contributed by atoms with van der Waals surface area (Å²) >= 11 is 0. The highest BCUT2D eigenvalue weighted by molar-refractivity contribution is 7.93. The summed E-state index contributed by atoms with van der Waals surface area (Å²) in [6.07, 6.45) is 0.871. The van der Waals surface area contributed by atoms with Crippen LogP contribution >= 0.6 is 0 Å². The van der Waals surface area contributed by atoms with Crippen molar-refractivity contribution < 1.29 is 8.60 Å². The number of halogens is 1. The van der Waals surface area contributed by atoms with E-state index in [-0.39, 0.29) is 5.82 Å². The summed E-state index contributed by atoms with van der Waals surface area (Å²) in [4.78, 5) is 0.659. The predicted octanol–water partition coefficient (Wildman–Crippen LogP) is 2.06. The average molecular weight is 199 g/mol. The molecule has 1 heterocycles. The fourth-order valence-corrected chi connectivity index (χ4v) is 3.40. The van der Waals surface area contributed by atoms with Crippen molar-refractivity contribution in [3.05, 3.63) is 30.1 Å². The van der Waals surface area contributed by atoms with E-state index in [1.807, 2.05) is 0 Å². The molecule has 4 heteroatoms. The standard InChI is InChI=1S/C9H10FNOS/c10-8-2-4-9(5-3-8)13(12)7-1-6-11-13/h2-5H,1,6-7H2. The number of hydrogen-bond donors (Lipinski definition) is 0. The number of benzene rings is 1. The zero-order chi connectivity index (χ0) is 9.31. The maximum Gasteiger partial charge on any atom is 0.123 e. The van der Waals surface area contributed by atoms with Crippen molar-refractivity contribution in [3.63, 3.8) is 0 Å². The molecule has 0 bridgehead atoms. The van der Waals surface area contributed by atoms with E-state index in [4.69, 9.17) is 0 Å². The van der Waals surface area contributed by atoms with Gasteiger partial charge in [-0.2, -0.15) is 0 Å². The first-order valence-electron chi connectivity index (χ1n) is 4.17. The minimum absolute atomic E-state index is 0.301. The molecule has 0 saturated carbocycles. The predicted molar refractivity (Wildman–Crippen MR) is 49.6 cm³/mol. The SMILES string of the molecule is O=S1(c2ccc(F)cc2)=NCCC1. The third kappa shape index (κ3) is 1.58. The Labute approximate surface area is 77.0 Å². The van der Waals surface area contributed by atoms with E-state index in [2.05, 4.69) is 4.36 Å². The highest BCUT2D eigenvalue weighted by Gasteiger charge is 2.16. The van der Waals surface area contributed by atoms with Gasteiger partial charge < -0.3 is 0 Å². The molecule has 2 nitrogen and oxygen atoms in total. The quantitative estimate of drug-likeness (QED) is 0.680. The molecule has 0 aromatic heterocycles. The van der Waals surface area contributed by atoms with Crippen LogP contribution in [-0.4, -0.2) is 16.5 Å². The Morgan fingerprint density at radius 2 is 2.00 bits per heavy atom. The normalized spacial score (nSPS) is 27.2. The molecule has 0 saturated heterocycles. The number of rotatable bonds is 1. The van der Waals surface area contributed by atoms with Crippen LogP contribution in [0.5, 0.6) is 0 Å². The Morgan fingerprint density at radius 3 is 2.54 bits per heavy atom. The largest absolute Gasteiger partial charge is 0.245 e. The maximum atomic E-state index is 12.6. The van der Waals surface area contributed by atoms with Crippen molar-refractivity contribution in [2.45, 2.75) is 11.3 Å². The van der Waals surface area contributed by atoms with Crippen LogP contribution in [0.2, 0.25) is 0 Å². The first-order valence-corrected chi connectivity index (χ1v) is 5.85. The molecule has 1 aromatic carbocycles. The van der Waals surface area contributed by atoms with Gasteiger partial charge >= 0.3 is 0 Å². The lowest BCUT2D eigenvalue weighted by Gasteiger charge is -2.02. The lowest BCUT2D eigenvalue weighted by atomic mass is 10.4. The summed E-state index contributed by atoms with van der Waals surface area (Å²) in [6, 6.07) is 5.78. The van der Waals surface area contributed by atoms with Gasteiger partial charge in [0.15, 0.2) is 0 Å². The van der Waals surface area contributed by atoms with Gasteiger partial charge in [0.25, 0.3) is 0 Å². The van der Waals surface area contributed by atoms with Crippen LogP contribution < -0.4 is 0 Å². The highest BCUT2D eigenvalue weighted by Crippen LogP contribution is 2.19. The molecule has 0 fully saturated rings. The van der Waals surface area contributed by atoms with E-state index in [9.17, 15) is 8.60 Å². The van der Waals surface area contributed by atoms with Crippen LogP contribution in [0.15, 0.2) is 33.5 Å². The topological polar surface area (TPSA) is 29.4 Å². The summed E-state index contributed by atoms with van der Waals surface area (Å²) in [5.74, 6) is 0.309. The molecule has 0 radical (unpaired) electrons. The second-order valence-corrected chi connectivity index (χ2v) is 5.42. The van der Waals surface area contributed by atoms with E-state index < -0.39 is 9.73 Å². The summed E-state index contributed by atoms with van der Waals surface area (Å²) in [6.45, 7) is 0.663. The Morgan fingerprint density at radius 1 is 1.31 bits per heavy atom. The molecule has 1 aliphatic heterocycles. The van der Waals surface area contributed by atoms with Crippen molar-refractivity contribution in [1.82, 2.24) is 0 Å². The molecule has 0 amide bonds. The highest BCUT2D eigenvalue weighted by atomic mass is 32.2. The van der Waals surface area contributed by atoms with Gasteiger partial charge in [0, 0.05) is 17.2 Å². The van der Waals surface area contributed by atoms with Crippen LogP contribution in [0.3, 0.4) is 0 Å². The monoisotopic (exact) mass is 199 g/mol. The van der Waals surface area contributed by atoms with Gasteiger partial charge in [-0.25, -0.2) is 13.0 Å². The van der Waals surface area contributed by atoms with Crippen molar-refractivity contribution in [2.75, 3.05) is 12.3 Å². The summed E-state index contributed by atoms with van der Waals surface area (Å²) in [7, 11) is -2.19. The lowest BCUT2D eigenvalue weighted by Crippen LogP contribution is -2.00. The van der Waals surface area contributed by atoms with E-state index in [0.717, 1.165) is 6.42 Å². The fraction of sp³-hybridized carbons (Fsp3) is 0.333. The van der Waals surface area contributed by atoms with E-state index in [1.165, 1.54) is 12.1 Å². The molecule has 1 aliphatic rings. The molecule has 1 unspecified atom stereocenters. The van der Waals surface area contributed by atoms with Crippen molar-refractivity contribution >= 4 is 9.73 Å². The van der Waals surface area contributed by atoms with Gasteiger partial charge in [0.1, 0.15) is 5.82 Å². The summed E-state index contributed by atoms with van der Waals surface area (Å²) in [5, 5.41) is 0. The van der Waals surface area contributed by atoms with Crippen molar-refractivity contribution in [1.29, 1.82) is 0 Å². The second kappa shape index (κ2) is 3.10. The second-order valence-electron chi connectivity index (χ2n) is 3.00. The third-order valence-electron chi connectivity index (χ3n) is 2.06. The van der Waals surface area contributed by atoms with Crippen molar-refractivity contribution in [3.8, 4) is 0 Å². The average Bonchev–Trinajstić information content (AvgIpc) is 2.54. The first-order chi connectivity index (χ1) is 6.21. The van der Waals surface area contributed by atoms with Gasteiger partial charge in [-0.05, 0) is 30.7 Å². The van der Waals surface area contributed by atoms with E-state index in [0.29, 0.717) is 17.2 Å². The Hall–Kier alpha value is -0.900. The maximum absolute atomic E-state index is 12.6. The minimum atomic E-state index is -2.19. The van der Waals surface area contributed by atoms with E-state index >= 15 is 0 Å². The Balaban J connectivity index is 2.47. The van der Waals surface area contributed by atoms with Gasteiger partial charge in [-0.3, -0.25) is 0 Å². The molecule has 1 aromatic rings. The van der Waals surface area contributed by atoms with Gasteiger partial charge in [-0.1, -0.05) is 0 Å². The van der Waals surface area contributed by atoms with Gasteiger partial charge in [-0.15, -0.1) is 0 Å². The summed E-state index contributed by atoms with van der Waals surface area (Å²) in [5.41, 5.74) is 0. The number of nitrogens with zero attached hydrogens (tertiary/aromatic N) is 1. The van der Waals surface area contributed by atoms with Crippen molar-refractivity contribution in [2.24, 2.45) is 4.36 Å². The molecule has 0 spiro atoms. The molecule has 70 valence electrons. The fourth-order valence-electron chi connectivity index (χ4n) is 1.38. The lowest BCUT2D eigenvalue weighted by molar-refractivity contribution is 0.626. The molecule has 2 rings (SSSR count). The molecule has 0 aliphatic carbocycles. The van der Waals surface area contributed by atoms with Crippen LogP contribution in [0.1, 0.15) is 6.42 Å². The molecule has 13 heavy (non-hydrogen) atoms. The zero-order valence-electron chi connectivity index (χ0n) is 7.07. The van der Waals surface area contributed by atoms with Crippen LogP contribution in [0.25, 0.3) is 0 Å². The summed E-state index contributed by atoms with van der Waals surface area (Å²) < 4.78 is 28.7. The van der Waals surface area contributed by atoms with E-state index in [1.54, 1.807) is 12.1 Å². The molecule has 0 N–H and O–H groups in total. The Bertz CT molecular complexity index is 418. The van der Waals surface area contributed by atoms with Crippen LogP contribution in [-0.2, 0) is 9.73 Å². The molecular weight excluding hydrogens is 189 g/mol. The van der Waals surface area contributed by atoms with Crippen LogP contribution in [0, 0.1) is 5.82 Å². The number of hydrogen-bond acceptors (Lipinski definition) is 2. The smallest absolute Gasteiger partial charge is 0.123 e.